The van der Waals surface area contributed by atoms with E-state index in [1.54, 1.807) is 14.1 Å². The van der Waals surface area contributed by atoms with Crippen LogP contribution in [0.15, 0.2) is 0 Å². The predicted molar refractivity (Wildman–Crippen MR) is 79.4 cm³/mol. The highest BCUT2D eigenvalue weighted by molar-refractivity contribution is 5.77. The Morgan fingerprint density at radius 2 is 1.60 bits per heavy atom. The van der Waals surface area contributed by atoms with E-state index in [2.05, 4.69) is 21.3 Å². The van der Waals surface area contributed by atoms with Gasteiger partial charge in [0.15, 0.2) is 0 Å². The van der Waals surface area contributed by atoms with E-state index < -0.39 is 0 Å². The molecule has 8 nitrogen and oxygen atoms in total. The lowest BCUT2D eigenvalue weighted by molar-refractivity contribution is -0.122. The molecule has 2 amide bonds. The van der Waals surface area contributed by atoms with Gasteiger partial charge in [-0.1, -0.05) is 0 Å². The number of nitrogens with zero attached hydrogens (tertiary/aromatic N) is 1. The average Bonchev–Trinajstić information content (AvgIpc) is 2.45. The first-order chi connectivity index (χ1) is 9.63. The summed E-state index contributed by atoms with van der Waals surface area (Å²) in [6.07, 6.45) is 0. The molecule has 118 valence electrons. The molecule has 0 rings (SSSR count). The van der Waals surface area contributed by atoms with Gasteiger partial charge in [0.2, 0.25) is 11.8 Å². The van der Waals surface area contributed by atoms with Gasteiger partial charge in [-0.2, -0.15) is 0 Å². The third-order valence-electron chi connectivity index (χ3n) is 2.74. The summed E-state index contributed by atoms with van der Waals surface area (Å²) in [6, 6.07) is 0. The van der Waals surface area contributed by atoms with Gasteiger partial charge in [-0.25, -0.2) is 0 Å². The van der Waals surface area contributed by atoms with Crippen molar-refractivity contribution in [2.45, 2.75) is 0 Å². The van der Waals surface area contributed by atoms with Gasteiger partial charge in [0.1, 0.15) is 0 Å². The predicted octanol–water partition coefficient (Wildman–Crippen LogP) is -3.08. The second-order valence-corrected chi connectivity index (χ2v) is 4.34. The molecule has 0 spiro atoms. The number of nitrogens with two attached hydrogens (primary N) is 1. The molecule has 0 heterocycles. The molecule has 0 aromatic carbocycles. The van der Waals surface area contributed by atoms with Crippen molar-refractivity contribution < 1.29 is 9.59 Å². The Hall–Kier alpha value is -1.22. The van der Waals surface area contributed by atoms with E-state index in [0.29, 0.717) is 26.2 Å². The second kappa shape index (κ2) is 12.8. The quantitative estimate of drug-likeness (QED) is 0.244. The largest absolute Gasteiger partial charge is 0.358 e. The van der Waals surface area contributed by atoms with Crippen LogP contribution in [0.5, 0.6) is 0 Å². The zero-order valence-corrected chi connectivity index (χ0v) is 12.5. The number of hydrogen-bond acceptors (Lipinski definition) is 6. The minimum atomic E-state index is -0.0234. The lowest BCUT2D eigenvalue weighted by Gasteiger charge is -2.20. The number of nitrogens with one attached hydrogen (secondary N) is 4. The number of hydrogen-bond donors (Lipinski definition) is 5. The minimum Gasteiger partial charge on any atom is -0.358 e. The van der Waals surface area contributed by atoms with Crippen molar-refractivity contribution in [2.75, 3.05) is 66.5 Å². The van der Waals surface area contributed by atoms with Crippen molar-refractivity contribution in [3.63, 3.8) is 0 Å². The van der Waals surface area contributed by atoms with Crippen molar-refractivity contribution in [3.05, 3.63) is 0 Å². The summed E-state index contributed by atoms with van der Waals surface area (Å²) < 4.78 is 0. The van der Waals surface area contributed by atoms with Crippen molar-refractivity contribution >= 4 is 11.8 Å². The van der Waals surface area contributed by atoms with Gasteiger partial charge in [-0.3, -0.25) is 14.5 Å². The highest BCUT2D eigenvalue weighted by Crippen LogP contribution is 1.85. The number of carbonyl (C=O) groups excluding carboxylic acids is 2. The van der Waals surface area contributed by atoms with Gasteiger partial charge < -0.3 is 27.0 Å². The maximum atomic E-state index is 11.3. The average molecular weight is 288 g/mol. The first-order valence-electron chi connectivity index (χ1n) is 6.89. The summed E-state index contributed by atoms with van der Waals surface area (Å²) >= 11 is 0. The normalized spacial score (nSPS) is 10.6. The van der Waals surface area contributed by atoms with Gasteiger partial charge in [0.05, 0.1) is 13.1 Å². The van der Waals surface area contributed by atoms with Crippen molar-refractivity contribution in [1.29, 1.82) is 0 Å². The van der Waals surface area contributed by atoms with Crippen molar-refractivity contribution in [1.82, 2.24) is 26.2 Å². The molecule has 0 aliphatic carbocycles. The summed E-state index contributed by atoms with van der Waals surface area (Å²) in [7, 11) is 3.24. The van der Waals surface area contributed by atoms with Crippen molar-refractivity contribution in [3.8, 4) is 0 Å². The van der Waals surface area contributed by atoms with E-state index >= 15 is 0 Å². The third-order valence-corrected chi connectivity index (χ3v) is 2.74. The van der Waals surface area contributed by atoms with Crippen molar-refractivity contribution in [2.24, 2.45) is 5.73 Å². The van der Waals surface area contributed by atoms with Crippen LogP contribution < -0.4 is 27.0 Å². The zero-order chi connectivity index (χ0) is 15.2. The number of carbonyl (C=O) groups is 2. The van der Waals surface area contributed by atoms with Gasteiger partial charge in [-0.15, -0.1) is 0 Å². The molecule has 0 bridgehead atoms. The summed E-state index contributed by atoms with van der Waals surface area (Å²) in [5.41, 5.74) is 5.52. The fourth-order valence-electron chi connectivity index (χ4n) is 1.56. The van der Waals surface area contributed by atoms with E-state index in [1.807, 2.05) is 4.90 Å². The van der Waals surface area contributed by atoms with Crippen LogP contribution in [-0.2, 0) is 9.59 Å². The Kier molecular flexibility index (Phi) is 12.0. The summed E-state index contributed by atoms with van der Waals surface area (Å²) in [4.78, 5) is 24.2. The van der Waals surface area contributed by atoms with E-state index in [1.165, 1.54) is 0 Å². The third kappa shape index (κ3) is 10.7. The molecule has 0 atom stereocenters. The van der Waals surface area contributed by atoms with Crippen LogP contribution in [-0.4, -0.2) is 83.2 Å². The SMILES string of the molecule is CNC(=O)CNCCNCCN(CCN)CC(=O)NC. The summed E-state index contributed by atoms with van der Waals surface area (Å²) in [5, 5.41) is 11.4. The Labute approximate surface area is 120 Å². The first kappa shape index (κ1) is 18.8. The molecule has 6 N–H and O–H groups in total. The van der Waals surface area contributed by atoms with Gasteiger partial charge in [0.25, 0.3) is 0 Å². The highest BCUT2D eigenvalue weighted by Gasteiger charge is 2.07. The van der Waals surface area contributed by atoms with Gasteiger partial charge in [-0.05, 0) is 0 Å². The maximum Gasteiger partial charge on any atom is 0.233 e. The fourth-order valence-corrected chi connectivity index (χ4v) is 1.56. The Bertz CT molecular complexity index is 275. The summed E-state index contributed by atoms with van der Waals surface area (Å²) in [5.74, 6) is -0.0320. The molecule has 0 saturated heterocycles. The molecule has 8 heteroatoms. The molecular formula is C12H28N6O2. The van der Waals surface area contributed by atoms with E-state index in [9.17, 15) is 9.59 Å². The van der Waals surface area contributed by atoms with Gasteiger partial charge >= 0.3 is 0 Å². The molecule has 0 saturated carbocycles. The van der Waals surface area contributed by atoms with E-state index in [-0.39, 0.29) is 11.8 Å². The Balaban J connectivity index is 3.58. The minimum absolute atomic E-state index is 0.00862. The molecule has 20 heavy (non-hydrogen) atoms. The second-order valence-electron chi connectivity index (χ2n) is 4.34. The standard InChI is InChI=1S/C12H28N6O2/c1-14-11(19)9-17-5-4-16-6-8-18(7-3-13)10-12(20)15-2/h16-17H,3-10,13H2,1-2H3,(H,14,19)(H,15,20). The summed E-state index contributed by atoms with van der Waals surface area (Å²) in [6.45, 7) is 4.96. The Morgan fingerprint density at radius 1 is 0.950 bits per heavy atom. The topological polar surface area (TPSA) is 112 Å². The molecule has 0 aromatic rings. The molecule has 0 aromatic heterocycles. The van der Waals surface area contributed by atoms with Gasteiger partial charge in [0, 0.05) is 53.4 Å². The molecule has 0 aliphatic heterocycles. The maximum absolute atomic E-state index is 11.3. The first-order valence-corrected chi connectivity index (χ1v) is 6.89. The van der Waals surface area contributed by atoms with E-state index in [4.69, 9.17) is 5.73 Å². The molecule has 0 aliphatic rings. The van der Waals surface area contributed by atoms with E-state index in [0.717, 1.165) is 26.2 Å². The van der Waals surface area contributed by atoms with Crippen LogP contribution in [0, 0.1) is 0 Å². The van der Waals surface area contributed by atoms with Crippen LogP contribution in [0.3, 0.4) is 0 Å². The van der Waals surface area contributed by atoms with Crippen LogP contribution in [0.4, 0.5) is 0 Å². The van der Waals surface area contributed by atoms with Crippen LogP contribution >= 0.6 is 0 Å². The smallest absolute Gasteiger partial charge is 0.233 e. The van der Waals surface area contributed by atoms with Crippen LogP contribution in [0.1, 0.15) is 0 Å². The fraction of sp³-hybridized carbons (Fsp3) is 0.833. The molecular weight excluding hydrogens is 260 g/mol. The monoisotopic (exact) mass is 288 g/mol. The lowest BCUT2D eigenvalue weighted by atomic mass is 10.4. The lowest BCUT2D eigenvalue weighted by Crippen LogP contribution is -2.42. The van der Waals surface area contributed by atoms with Crippen LogP contribution in [0.25, 0.3) is 0 Å². The highest BCUT2D eigenvalue weighted by atomic mass is 16.2. The number of likely N-dealkylation sites (N-methyl/N-ethyl adjacent to an activating group) is 2. The van der Waals surface area contributed by atoms with Crippen LogP contribution in [0.2, 0.25) is 0 Å². The molecule has 0 fully saturated rings. The number of rotatable bonds is 12. The zero-order valence-electron chi connectivity index (χ0n) is 12.5. The number of amides is 2. The Morgan fingerprint density at radius 3 is 2.20 bits per heavy atom. The molecule has 0 unspecified atom stereocenters. The molecule has 0 radical (unpaired) electrons.